The maximum atomic E-state index is 13.0. The monoisotopic (exact) mass is 569 g/mol. The third-order valence-electron chi connectivity index (χ3n) is 5.50. The fourth-order valence-electron chi connectivity index (χ4n) is 3.62. The first kappa shape index (κ1) is 31.1. The summed E-state index contributed by atoms with van der Waals surface area (Å²) in [7, 11) is 1.61. The Balaban J connectivity index is 0.000000561. The topological polar surface area (TPSA) is 120 Å². The summed E-state index contributed by atoms with van der Waals surface area (Å²) in [5.74, 6) is 1.23. The summed E-state index contributed by atoms with van der Waals surface area (Å²) in [5, 5.41) is 6.34. The number of nitrogens with zero attached hydrogens (tertiary/aromatic N) is 3. The van der Waals surface area contributed by atoms with Gasteiger partial charge in [-0.05, 0) is 36.4 Å². The van der Waals surface area contributed by atoms with E-state index < -0.39 is 0 Å². The van der Waals surface area contributed by atoms with Crippen molar-refractivity contribution in [2.75, 3.05) is 65.1 Å². The Kier molecular flexibility index (Phi) is 13.7. The highest BCUT2D eigenvalue weighted by molar-refractivity contribution is 5.92. The van der Waals surface area contributed by atoms with E-state index in [0.29, 0.717) is 32.0 Å². The summed E-state index contributed by atoms with van der Waals surface area (Å²) in [5.41, 5.74) is 1.03. The zero-order chi connectivity index (χ0) is 25.0. The number of pyridine rings is 1. The lowest BCUT2D eigenvalue weighted by molar-refractivity contribution is -0.0334. The second-order valence-electron chi connectivity index (χ2n) is 7.97. The Labute approximate surface area is 234 Å². The number of ether oxygens (including phenoxy) is 4. The van der Waals surface area contributed by atoms with Gasteiger partial charge in [0.15, 0.2) is 5.69 Å². The second kappa shape index (κ2) is 16.7. The van der Waals surface area contributed by atoms with E-state index in [-0.39, 0.29) is 48.5 Å². The SMILES string of the molecule is C1COCCO1.COc1ccc(Nc2nc(C(=O)N3CCNCC3COc3cccnc3)co2)cc1.Cl.Cl. The van der Waals surface area contributed by atoms with Crippen LogP contribution in [0.5, 0.6) is 11.5 Å². The molecule has 2 aromatic heterocycles. The molecular formula is C25H33Cl2N5O6. The van der Waals surface area contributed by atoms with Gasteiger partial charge in [-0.2, -0.15) is 4.98 Å². The molecule has 5 rings (SSSR count). The molecule has 2 aliphatic rings. The number of rotatable bonds is 7. The fraction of sp³-hybridized carbons (Fsp3) is 0.400. The molecule has 1 aromatic carbocycles. The maximum absolute atomic E-state index is 13.0. The first-order valence-corrected chi connectivity index (χ1v) is 11.8. The Morgan fingerprint density at radius 2 is 1.84 bits per heavy atom. The Morgan fingerprint density at radius 3 is 2.47 bits per heavy atom. The van der Waals surface area contributed by atoms with E-state index in [9.17, 15) is 4.79 Å². The van der Waals surface area contributed by atoms with E-state index >= 15 is 0 Å². The van der Waals surface area contributed by atoms with Crippen molar-refractivity contribution in [2.45, 2.75) is 6.04 Å². The standard InChI is InChI=1S/C21H23N5O4.C4H8O2.2ClH/c1-28-17-6-4-15(5-7-17)24-21-25-19(14-30-21)20(27)26-10-9-23-11-16(26)13-29-18-3-2-8-22-12-18;1-2-6-4-3-5-1;;/h2-8,12,14,16,23H,9-11,13H2,1H3,(H,24,25);1-4H2;2*1H. The number of anilines is 2. The number of nitrogens with one attached hydrogen (secondary N) is 2. The Morgan fingerprint density at radius 1 is 1.11 bits per heavy atom. The van der Waals surface area contributed by atoms with Crippen molar-refractivity contribution < 1.29 is 28.2 Å². The van der Waals surface area contributed by atoms with Crippen LogP contribution in [0.2, 0.25) is 0 Å². The van der Waals surface area contributed by atoms with Gasteiger partial charge >= 0.3 is 0 Å². The number of carbonyl (C=O) groups excluding carboxylic acids is 1. The van der Waals surface area contributed by atoms with Crippen LogP contribution in [0, 0.1) is 0 Å². The summed E-state index contributed by atoms with van der Waals surface area (Å²) in [6, 6.07) is 11.1. The summed E-state index contributed by atoms with van der Waals surface area (Å²) in [4.78, 5) is 23.1. The lowest BCUT2D eigenvalue weighted by atomic mass is 10.2. The highest BCUT2D eigenvalue weighted by atomic mass is 35.5. The fourth-order valence-corrected chi connectivity index (χ4v) is 3.62. The van der Waals surface area contributed by atoms with Gasteiger partial charge in [0.1, 0.15) is 24.4 Å². The van der Waals surface area contributed by atoms with E-state index in [0.717, 1.165) is 37.9 Å². The first-order chi connectivity index (χ1) is 17.7. The van der Waals surface area contributed by atoms with Gasteiger partial charge in [-0.3, -0.25) is 9.78 Å². The molecule has 0 radical (unpaired) electrons. The molecule has 1 amide bonds. The molecule has 0 spiro atoms. The minimum absolute atomic E-state index is 0. The summed E-state index contributed by atoms with van der Waals surface area (Å²) in [6.07, 6.45) is 4.71. The lowest BCUT2D eigenvalue weighted by Gasteiger charge is -2.35. The Bertz CT molecular complexity index is 1060. The quantitative estimate of drug-likeness (QED) is 0.438. The minimum Gasteiger partial charge on any atom is -0.497 e. The van der Waals surface area contributed by atoms with E-state index in [4.69, 9.17) is 23.4 Å². The van der Waals surface area contributed by atoms with Crippen molar-refractivity contribution in [3.05, 3.63) is 60.7 Å². The molecule has 11 nitrogen and oxygen atoms in total. The van der Waals surface area contributed by atoms with E-state index in [2.05, 4.69) is 20.6 Å². The molecule has 13 heteroatoms. The van der Waals surface area contributed by atoms with Gasteiger partial charge in [-0.25, -0.2) is 0 Å². The van der Waals surface area contributed by atoms with Crippen LogP contribution < -0.4 is 20.1 Å². The lowest BCUT2D eigenvalue weighted by Crippen LogP contribution is -2.56. The number of piperazine rings is 1. The predicted octanol–water partition coefficient (Wildman–Crippen LogP) is 3.19. The van der Waals surface area contributed by atoms with Crippen LogP contribution in [-0.4, -0.2) is 86.6 Å². The number of benzene rings is 1. The first-order valence-electron chi connectivity index (χ1n) is 11.8. The largest absolute Gasteiger partial charge is 0.497 e. The van der Waals surface area contributed by atoms with Crippen LogP contribution in [-0.2, 0) is 9.47 Å². The number of oxazole rings is 1. The molecule has 0 bridgehead atoms. The molecule has 2 fully saturated rings. The average molecular weight is 570 g/mol. The normalized spacial score (nSPS) is 16.6. The van der Waals surface area contributed by atoms with Gasteiger partial charge in [0, 0.05) is 31.5 Å². The van der Waals surface area contributed by atoms with Gasteiger partial charge in [0.25, 0.3) is 11.9 Å². The molecule has 208 valence electrons. The predicted molar refractivity (Wildman–Crippen MR) is 146 cm³/mol. The third-order valence-corrected chi connectivity index (χ3v) is 5.50. The number of halogens is 2. The summed E-state index contributed by atoms with van der Waals surface area (Å²) >= 11 is 0. The molecule has 2 N–H and O–H groups in total. The minimum atomic E-state index is -0.192. The van der Waals surface area contributed by atoms with Gasteiger partial charge in [0.2, 0.25) is 0 Å². The van der Waals surface area contributed by atoms with Gasteiger partial charge in [0.05, 0.1) is 45.8 Å². The van der Waals surface area contributed by atoms with Crippen molar-refractivity contribution in [2.24, 2.45) is 0 Å². The smallest absolute Gasteiger partial charge is 0.299 e. The molecule has 38 heavy (non-hydrogen) atoms. The van der Waals surface area contributed by atoms with Gasteiger partial charge in [-0.15, -0.1) is 24.8 Å². The number of carbonyl (C=O) groups is 1. The molecule has 3 aromatic rings. The van der Waals surface area contributed by atoms with E-state index in [1.165, 1.54) is 6.26 Å². The van der Waals surface area contributed by atoms with Crippen molar-refractivity contribution in [1.82, 2.24) is 20.2 Å². The molecular weight excluding hydrogens is 537 g/mol. The molecule has 1 atom stereocenters. The maximum Gasteiger partial charge on any atom is 0.299 e. The molecule has 4 heterocycles. The van der Waals surface area contributed by atoms with Gasteiger partial charge < -0.3 is 38.9 Å². The van der Waals surface area contributed by atoms with Crippen molar-refractivity contribution in [3.8, 4) is 11.5 Å². The summed E-state index contributed by atoms with van der Waals surface area (Å²) in [6.45, 7) is 5.39. The van der Waals surface area contributed by atoms with Crippen LogP contribution in [0.3, 0.4) is 0 Å². The molecule has 2 saturated heterocycles. The summed E-state index contributed by atoms with van der Waals surface area (Å²) < 4.78 is 26.3. The number of hydrogen-bond acceptors (Lipinski definition) is 10. The van der Waals surface area contributed by atoms with Crippen LogP contribution >= 0.6 is 24.8 Å². The number of methoxy groups -OCH3 is 1. The van der Waals surface area contributed by atoms with Crippen LogP contribution in [0.25, 0.3) is 0 Å². The van der Waals surface area contributed by atoms with Crippen molar-refractivity contribution in [3.63, 3.8) is 0 Å². The zero-order valence-electron chi connectivity index (χ0n) is 21.0. The Hall–Kier alpha value is -3.09. The highest BCUT2D eigenvalue weighted by Gasteiger charge is 2.29. The highest BCUT2D eigenvalue weighted by Crippen LogP contribution is 2.20. The van der Waals surface area contributed by atoms with E-state index in [1.807, 2.05) is 36.4 Å². The second-order valence-corrected chi connectivity index (χ2v) is 7.97. The van der Waals surface area contributed by atoms with Crippen LogP contribution in [0.4, 0.5) is 11.7 Å². The molecule has 2 aliphatic heterocycles. The number of hydrogen-bond donors (Lipinski definition) is 2. The zero-order valence-corrected chi connectivity index (χ0v) is 22.7. The van der Waals surface area contributed by atoms with Crippen molar-refractivity contribution >= 4 is 42.4 Å². The molecule has 1 unspecified atom stereocenters. The van der Waals surface area contributed by atoms with Crippen molar-refractivity contribution in [1.29, 1.82) is 0 Å². The van der Waals surface area contributed by atoms with Crippen LogP contribution in [0.1, 0.15) is 10.5 Å². The third kappa shape index (κ3) is 9.34. The van der Waals surface area contributed by atoms with Gasteiger partial charge in [-0.1, -0.05) is 0 Å². The van der Waals surface area contributed by atoms with Crippen LogP contribution in [0.15, 0.2) is 59.5 Å². The number of amides is 1. The average Bonchev–Trinajstić information content (AvgIpc) is 3.42. The molecule has 0 aliphatic carbocycles. The molecule has 0 saturated carbocycles. The van der Waals surface area contributed by atoms with E-state index in [1.54, 1.807) is 24.4 Å². The number of aromatic nitrogens is 2.